The van der Waals surface area contributed by atoms with Gasteiger partial charge < -0.3 is 15.4 Å². The second kappa shape index (κ2) is 5.10. The summed E-state index contributed by atoms with van der Waals surface area (Å²) in [6.45, 7) is 7.63. The highest BCUT2D eigenvalue weighted by Gasteiger charge is 2.21. The molecule has 14 heavy (non-hydrogen) atoms. The Morgan fingerprint density at radius 1 is 1.50 bits per heavy atom. The molecule has 0 saturated carbocycles. The second-order valence-corrected chi connectivity index (χ2v) is 4.92. The average molecular weight is 200 g/mol. The Bertz CT molecular complexity index is 171. The van der Waals surface area contributed by atoms with Crippen molar-refractivity contribution < 1.29 is 4.74 Å². The third-order valence-electron chi connectivity index (χ3n) is 3.12. The van der Waals surface area contributed by atoms with Crippen molar-refractivity contribution in [3.8, 4) is 0 Å². The molecule has 0 amide bonds. The Morgan fingerprint density at radius 3 is 2.79 bits per heavy atom. The van der Waals surface area contributed by atoms with E-state index in [1.165, 1.54) is 19.4 Å². The topological polar surface area (TPSA) is 38.5 Å². The average Bonchev–Trinajstić information content (AvgIpc) is 2.15. The first kappa shape index (κ1) is 12.0. The van der Waals surface area contributed by atoms with Crippen molar-refractivity contribution in [2.75, 3.05) is 26.7 Å². The maximum Gasteiger partial charge on any atom is 0.0634 e. The van der Waals surface area contributed by atoms with Gasteiger partial charge in [0.2, 0.25) is 0 Å². The third-order valence-corrected chi connectivity index (χ3v) is 3.12. The fourth-order valence-corrected chi connectivity index (χ4v) is 1.82. The molecule has 0 aromatic rings. The van der Waals surface area contributed by atoms with Crippen LogP contribution in [0.3, 0.4) is 0 Å². The fraction of sp³-hybridized carbons (Fsp3) is 1.00. The summed E-state index contributed by atoms with van der Waals surface area (Å²) in [6.07, 6.45) is 3.51. The molecule has 0 bridgehead atoms. The van der Waals surface area contributed by atoms with Crippen LogP contribution in [0.15, 0.2) is 0 Å². The number of rotatable bonds is 4. The highest BCUT2D eigenvalue weighted by atomic mass is 16.5. The molecule has 1 saturated heterocycles. The molecule has 1 unspecified atom stereocenters. The molecule has 1 rings (SSSR count). The predicted molar refractivity (Wildman–Crippen MR) is 59.4 cm³/mol. The van der Waals surface area contributed by atoms with E-state index in [1.54, 1.807) is 7.11 Å². The minimum absolute atomic E-state index is 0.00153. The van der Waals surface area contributed by atoms with Crippen molar-refractivity contribution in [1.82, 2.24) is 4.90 Å². The minimum atomic E-state index is 0.00153. The van der Waals surface area contributed by atoms with Gasteiger partial charge in [-0.25, -0.2) is 0 Å². The van der Waals surface area contributed by atoms with E-state index >= 15 is 0 Å². The number of methoxy groups -OCH3 is 1. The van der Waals surface area contributed by atoms with Gasteiger partial charge in [0.25, 0.3) is 0 Å². The van der Waals surface area contributed by atoms with Crippen LogP contribution in [0.25, 0.3) is 0 Å². The molecule has 84 valence electrons. The fourth-order valence-electron chi connectivity index (χ4n) is 1.82. The van der Waals surface area contributed by atoms with E-state index in [2.05, 4.69) is 18.7 Å². The Labute approximate surface area is 87.6 Å². The summed E-state index contributed by atoms with van der Waals surface area (Å²) in [5, 5.41) is 0. The van der Waals surface area contributed by atoms with Gasteiger partial charge in [-0.15, -0.1) is 0 Å². The van der Waals surface area contributed by atoms with Crippen molar-refractivity contribution in [2.24, 2.45) is 5.73 Å². The number of hydrogen-bond donors (Lipinski definition) is 1. The summed E-state index contributed by atoms with van der Waals surface area (Å²) in [5.41, 5.74) is 5.93. The van der Waals surface area contributed by atoms with Gasteiger partial charge >= 0.3 is 0 Å². The molecular weight excluding hydrogens is 176 g/mol. The first-order valence-electron chi connectivity index (χ1n) is 5.56. The smallest absolute Gasteiger partial charge is 0.0634 e. The largest absolute Gasteiger partial charge is 0.379 e. The van der Waals surface area contributed by atoms with Crippen LogP contribution in [0, 0.1) is 0 Å². The van der Waals surface area contributed by atoms with Gasteiger partial charge in [0.05, 0.1) is 5.60 Å². The molecule has 0 aromatic heterocycles. The summed E-state index contributed by atoms with van der Waals surface area (Å²) in [5.74, 6) is 0. The first-order valence-corrected chi connectivity index (χ1v) is 5.56. The summed E-state index contributed by atoms with van der Waals surface area (Å²) in [6, 6.07) is 0.384. The molecule has 0 radical (unpaired) electrons. The van der Waals surface area contributed by atoms with E-state index in [1.807, 2.05) is 0 Å². The van der Waals surface area contributed by atoms with Crippen LogP contribution in [0.5, 0.6) is 0 Å². The third kappa shape index (κ3) is 3.95. The van der Waals surface area contributed by atoms with E-state index in [0.717, 1.165) is 19.5 Å². The molecule has 1 aliphatic rings. The number of nitrogens with zero attached hydrogens (tertiary/aromatic N) is 1. The van der Waals surface area contributed by atoms with E-state index in [-0.39, 0.29) is 5.60 Å². The molecule has 0 spiro atoms. The van der Waals surface area contributed by atoms with E-state index in [4.69, 9.17) is 10.5 Å². The maximum atomic E-state index is 5.92. The molecule has 2 N–H and O–H groups in total. The lowest BCUT2D eigenvalue weighted by atomic mass is 10.0. The van der Waals surface area contributed by atoms with Crippen LogP contribution in [0.4, 0.5) is 0 Å². The van der Waals surface area contributed by atoms with Gasteiger partial charge in [-0.1, -0.05) is 0 Å². The number of ether oxygens (including phenoxy) is 1. The van der Waals surface area contributed by atoms with E-state index < -0.39 is 0 Å². The Kier molecular flexibility index (Phi) is 4.35. The molecule has 3 heteroatoms. The van der Waals surface area contributed by atoms with Crippen molar-refractivity contribution >= 4 is 0 Å². The van der Waals surface area contributed by atoms with Gasteiger partial charge in [0.1, 0.15) is 0 Å². The Morgan fingerprint density at radius 2 is 2.21 bits per heavy atom. The second-order valence-electron chi connectivity index (χ2n) is 4.92. The molecule has 1 atom stereocenters. The van der Waals surface area contributed by atoms with Crippen LogP contribution < -0.4 is 5.73 Å². The van der Waals surface area contributed by atoms with E-state index in [9.17, 15) is 0 Å². The molecule has 1 heterocycles. The highest BCUT2D eigenvalue weighted by molar-refractivity contribution is 4.77. The maximum absolute atomic E-state index is 5.92. The molecule has 1 fully saturated rings. The van der Waals surface area contributed by atoms with Crippen LogP contribution in [0.1, 0.15) is 33.1 Å². The van der Waals surface area contributed by atoms with Crippen molar-refractivity contribution in [3.05, 3.63) is 0 Å². The zero-order chi connectivity index (χ0) is 10.6. The molecule has 0 aliphatic carbocycles. The van der Waals surface area contributed by atoms with Crippen LogP contribution in [-0.4, -0.2) is 43.3 Å². The lowest BCUT2D eigenvalue weighted by molar-refractivity contribution is 0.00554. The van der Waals surface area contributed by atoms with Gasteiger partial charge in [0, 0.05) is 26.2 Å². The van der Waals surface area contributed by atoms with Crippen LogP contribution in [0.2, 0.25) is 0 Å². The van der Waals surface area contributed by atoms with E-state index in [0.29, 0.717) is 6.04 Å². The summed E-state index contributed by atoms with van der Waals surface area (Å²) in [4.78, 5) is 2.45. The number of piperidine rings is 1. The summed E-state index contributed by atoms with van der Waals surface area (Å²) in [7, 11) is 1.78. The SMILES string of the molecule is COC(C)(C)CCN1CCCC(N)C1. The molecule has 3 nitrogen and oxygen atoms in total. The summed E-state index contributed by atoms with van der Waals surface area (Å²) < 4.78 is 5.40. The zero-order valence-corrected chi connectivity index (χ0v) is 9.75. The number of nitrogens with two attached hydrogens (primary N) is 1. The normalized spacial score (nSPS) is 25.3. The zero-order valence-electron chi connectivity index (χ0n) is 9.75. The quantitative estimate of drug-likeness (QED) is 0.741. The Hall–Kier alpha value is -0.120. The van der Waals surface area contributed by atoms with Gasteiger partial charge in [0.15, 0.2) is 0 Å². The van der Waals surface area contributed by atoms with Crippen molar-refractivity contribution in [2.45, 2.75) is 44.8 Å². The Balaban J connectivity index is 2.23. The van der Waals surface area contributed by atoms with Crippen molar-refractivity contribution in [1.29, 1.82) is 0 Å². The predicted octanol–water partition coefficient (Wildman–Crippen LogP) is 1.22. The van der Waals surface area contributed by atoms with Gasteiger partial charge in [-0.2, -0.15) is 0 Å². The molecular formula is C11H24N2O. The molecule has 0 aromatic carbocycles. The number of hydrogen-bond acceptors (Lipinski definition) is 3. The molecule has 1 aliphatic heterocycles. The lowest BCUT2D eigenvalue weighted by Gasteiger charge is -2.33. The standard InChI is InChI=1S/C11H24N2O/c1-11(2,14-3)6-8-13-7-4-5-10(12)9-13/h10H,4-9,12H2,1-3H3. The van der Waals surface area contributed by atoms with Crippen molar-refractivity contribution in [3.63, 3.8) is 0 Å². The monoisotopic (exact) mass is 200 g/mol. The van der Waals surface area contributed by atoms with Crippen LogP contribution in [-0.2, 0) is 4.74 Å². The number of likely N-dealkylation sites (tertiary alicyclic amines) is 1. The van der Waals surface area contributed by atoms with Crippen LogP contribution >= 0.6 is 0 Å². The summed E-state index contributed by atoms with van der Waals surface area (Å²) >= 11 is 0. The van der Waals surface area contributed by atoms with Gasteiger partial charge in [-0.3, -0.25) is 0 Å². The minimum Gasteiger partial charge on any atom is -0.379 e. The highest BCUT2D eigenvalue weighted by Crippen LogP contribution is 2.15. The lowest BCUT2D eigenvalue weighted by Crippen LogP contribution is -2.44. The first-order chi connectivity index (χ1) is 6.53. The van der Waals surface area contributed by atoms with Gasteiger partial charge in [-0.05, 0) is 39.7 Å².